The van der Waals surface area contributed by atoms with Crippen LogP contribution >= 0.6 is 0 Å². The van der Waals surface area contributed by atoms with Gasteiger partial charge in [-0.25, -0.2) is 6.57 Å². The van der Waals surface area contributed by atoms with Gasteiger partial charge in [0.2, 0.25) is 6.54 Å². The minimum absolute atomic E-state index is 0.444. The first kappa shape index (κ1) is 6.76. The van der Waals surface area contributed by atoms with Crippen LogP contribution in [0.25, 0.3) is 4.85 Å². The molecule has 0 aliphatic rings. The Balaban J connectivity index is 2.94. The fraction of sp³-hybridized carbons (Fsp3) is 0.250. The van der Waals surface area contributed by atoms with Gasteiger partial charge in [0, 0.05) is 12.4 Å². The summed E-state index contributed by atoms with van der Waals surface area (Å²) in [6.07, 6.45) is 3.48. The van der Waals surface area contributed by atoms with E-state index in [9.17, 15) is 0 Å². The van der Waals surface area contributed by atoms with E-state index in [4.69, 9.17) is 6.57 Å². The smallest absolute Gasteiger partial charge is 0.241 e. The van der Waals surface area contributed by atoms with E-state index in [0.29, 0.717) is 6.54 Å². The van der Waals surface area contributed by atoms with Gasteiger partial charge in [0.05, 0.1) is 5.56 Å². The maximum absolute atomic E-state index is 6.63. The number of pyridine rings is 1. The Morgan fingerprint density at radius 3 is 3.10 bits per heavy atom. The predicted octanol–water partition coefficient (Wildman–Crippen LogP) is 1.81. The van der Waals surface area contributed by atoms with E-state index in [1.54, 1.807) is 12.4 Å². The molecular formula is C8H8N2. The SMILES string of the molecule is [C-]#[N+]Cc1cnccc1C. The second-order valence-electron chi connectivity index (χ2n) is 2.12. The Kier molecular flexibility index (Phi) is 2.01. The molecule has 1 aromatic rings. The molecule has 1 heterocycles. The molecule has 0 fully saturated rings. The van der Waals surface area contributed by atoms with Crippen molar-refractivity contribution in [2.24, 2.45) is 0 Å². The summed E-state index contributed by atoms with van der Waals surface area (Å²) in [6.45, 7) is 9.07. The average molecular weight is 132 g/mol. The molecule has 2 nitrogen and oxygen atoms in total. The van der Waals surface area contributed by atoms with Gasteiger partial charge in [0.15, 0.2) is 0 Å². The van der Waals surface area contributed by atoms with Crippen LogP contribution in [0.3, 0.4) is 0 Å². The molecule has 10 heavy (non-hydrogen) atoms. The third-order valence-electron chi connectivity index (χ3n) is 1.40. The third kappa shape index (κ3) is 1.32. The quantitative estimate of drug-likeness (QED) is 0.532. The van der Waals surface area contributed by atoms with Gasteiger partial charge in [-0.3, -0.25) is 4.98 Å². The summed E-state index contributed by atoms with van der Waals surface area (Å²) in [7, 11) is 0. The Hall–Kier alpha value is -1.36. The standard InChI is InChI=1S/C8H8N2/c1-7-3-4-10-6-8(7)5-9-2/h3-4,6H,5H2,1H3. The van der Waals surface area contributed by atoms with Crippen LogP contribution in [0.4, 0.5) is 0 Å². The second kappa shape index (κ2) is 2.98. The third-order valence-corrected chi connectivity index (χ3v) is 1.40. The van der Waals surface area contributed by atoms with Gasteiger partial charge in [0.1, 0.15) is 0 Å². The summed E-state index contributed by atoms with van der Waals surface area (Å²) in [5, 5.41) is 0. The normalized spacial score (nSPS) is 8.80. The van der Waals surface area contributed by atoms with Gasteiger partial charge in [-0.15, -0.1) is 0 Å². The van der Waals surface area contributed by atoms with E-state index < -0.39 is 0 Å². The van der Waals surface area contributed by atoms with Crippen molar-refractivity contribution >= 4 is 0 Å². The van der Waals surface area contributed by atoms with Gasteiger partial charge in [-0.05, 0) is 18.6 Å². The summed E-state index contributed by atoms with van der Waals surface area (Å²) in [4.78, 5) is 7.20. The Bertz CT molecular complexity index is 260. The zero-order valence-electron chi connectivity index (χ0n) is 5.83. The van der Waals surface area contributed by atoms with Crippen LogP contribution in [-0.2, 0) is 6.54 Å². The topological polar surface area (TPSA) is 17.2 Å². The van der Waals surface area contributed by atoms with E-state index in [1.807, 2.05) is 13.0 Å². The molecule has 0 aliphatic heterocycles. The molecular weight excluding hydrogens is 124 g/mol. The summed E-state index contributed by atoms with van der Waals surface area (Å²) in [5.74, 6) is 0. The minimum Gasteiger partial charge on any atom is -0.312 e. The van der Waals surface area contributed by atoms with E-state index in [0.717, 1.165) is 11.1 Å². The van der Waals surface area contributed by atoms with Crippen LogP contribution in [0.15, 0.2) is 18.5 Å². The number of aryl methyl sites for hydroxylation is 1. The van der Waals surface area contributed by atoms with Crippen molar-refractivity contribution in [1.29, 1.82) is 0 Å². The zero-order valence-corrected chi connectivity index (χ0v) is 5.83. The van der Waals surface area contributed by atoms with Crippen molar-refractivity contribution in [2.75, 3.05) is 0 Å². The molecule has 0 spiro atoms. The van der Waals surface area contributed by atoms with Crippen LogP contribution in [0.5, 0.6) is 0 Å². The molecule has 0 unspecified atom stereocenters. The maximum Gasteiger partial charge on any atom is 0.241 e. The first-order valence-electron chi connectivity index (χ1n) is 3.07. The molecule has 0 radical (unpaired) electrons. The number of nitrogens with zero attached hydrogens (tertiary/aromatic N) is 2. The number of hydrogen-bond acceptors (Lipinski definition) is 1. The lowest BCUT2D eigenvalue weighted by Crippen LogP contribution is -1.85. The molecule has 0 saturated carbocycles. The molecule has 0 saturated heterocycles. The first-order valence-corrected chi connectivity index (χ1v) is 3.07. The largest absolute Gasteiger partial charge is 0.312 e. The van der Waals surface area contributed by atoms with Gasteiger partial charge in [-0.1, -0.05) is 0 Å². The lowest BCUT2D eigenvalue weighted by Gasteiger charge is -1.94. The van der Waals surface area contributed by atoms with Crippen LogP contribution in [0.2, 0.25) is 0 Å². The molecule has 1 aromatic heterocycles. The van der Waals surface area contributed by atoms with Crippen molar-refractivity contribution in [2.45, 2.75) is 13.5 Å². The molecule has 50 valence electrons. The monoisotopic (exact) mass is 132 g/mol. The van der Waals surface area contributed by atoms with Gasteiger partial charge in [0.25, 0.3) is 0 Å². The minimum atomic E-state index is 0.444. The molecule has 0 aromatic carbocycles. The van der Waals surface area contributed by atoms with E-state index >= 15 is 0 Å². The molecule has 0 amide bonds. The van der Waals surface area contributed by atoms with Crippen LogP contribution < -0.4 is 0 Å². The van der Waals surface area contributed by atoms with Crippen LogP contribution in [0, 0.1) is 13.5 Å². The highest BCUT2D eigenvalue weighted by molar-refractivity contribution is 5.22. The Labute approximate surface area is 60.3 Å². The van der Waals surface area contributed by atoms with Crippen molar-refractivity contribution in [3.63, 3.8) is 0 Å². The Morgan fingerprint density at radius 2 is 2.50 bits per heavy atom. The first-order chi connectivity index (χ1) is 4.84. The summed E-state index contributed by atoms with van der Waals surface area (Å²) < 4.78 is 0. The second-order valence-corrected chi connectivity index (χ2v) is 2.12. The van der Waals surface area contributed by atoms with E-state index in [2.05, 4.69) is 9.83 Å². The van der Waals surface area contributed by atoms with Gasteiger partial charge < -0.3 is 4.85 Å². The van der Waals surface area contributed by atoms with E-state index in [-0.39, 0.29) is 0 Å². The highest BCUT2D eigenvalue weighted by Gasteiger charge is 1.97. The molecule has 0 N–H and O–H groups in total. The van der Waals surface area contributed by atoms with Gasteiger partial charge in [-0.2, -0.15) is 0 Å². The number of hydrogen-bond donors (Lipinski definition) is 0. The summed E-state index contributed by atoms with van der Waals surface area (Å²) in [5.41, 5.74) is 2.17. The lowest BCUT2D eigenvalue weighted by molar-refractivity contribution is 1.14. The van der Waals surface area contributed by atoms with Crippen molar-refractivity contribution in [1.82, 2.24) is 4.98 Å². The van der Waals surface area contributed by atoms with Crippen LogP contribution in [-0.4, -0.2) is 4.98 Å². The number of aromatic nitrogens is 1. The Morgan fingerprint density at radius 1 is 1.70 bits per heavy atom. The lowest BCUT2D eigenvalue weighted by atomic mass is 10.2. The van der Waals surface area contributed by atoms with Crippen molar-refractivity contribution in [3.8, 4) is 0 Å². The highest BCUT2D eigenvalue weighted by Crippen LogP contribution is 2.05. The molecule has 0 bridgehead atoms. The fourth-order valence-electron chi connectivity index (χ4n) is 0.747. The van der Waals surface area contributed by atoms with Crippen molar-refractivity contribution in [3.05, 3.63) is 41.0 Å². The molecule has 0 atom stereocenters. The number of rotatable bonds is 1. The average Bonchev–Trinajstić information content (AvgIpc) is 1.94. The van der Waals surface area contributed by atoms with Crippen LogP contribution in [0.1, 0.15) is 11.1 Å². The summed E-state index contributed by atoms with van der Waals surface area (Å²) >= 11 is 0. The highest BCUT2D eigenvalue weighted by atomic mass is 14.7. The molecule has 0 aliphatic carbocycles. The zero-order chi connectivity index (χ0) is 7.40. The molecule has 2 heteroatoms. The molecule has 1 rings (SSSR count). The summed E-state index contributed by atoms with van der Waals surface area (Å²) in [6, 6.07) is 1.92. The predicted molar refractivity (Wildman–Crippen MR) is 39.3 cm³/mol. The van der Waals surface area contributed by atoms with Gasteiger partial charge >= 0.3 is 0 Å². The van der Waals surface area contributed by atoms with E-state index in [1.165, 1.54) is 0 Å². The maximum atomic E-state index is 6.63. The fourth-order valence-corrected chi connectivity index (χ4v) is 0.747. The van der Waals surface area contributed by atoms with Crippen molar-refractivity contribution < 1.29 is 0 Å².